The molecule has 0 radical (unpaired) electrons. The van der Waals surface area contributed by atoms with Gasteiger partial charge in [-0.2, -0.15) is 0 Å². The van der Waals surface area contributed by atoms with Crippen LogP contribution < -0.4 is 11.8 Å². The first kappa shape index (κ1) is 12.8. The fraction of sp³-hybridized carbons (Fsp3) is 0.667. The molecule has 0 aromatic rings. The van der Waals surface area contributed by atoms with Gasteiger partial charge in [0.25, 0.3) is 0 Å². The predicted molar refractivity (Wildman–Crippen MR) is 68.4 cm³/mol. The Kier molecular flexibility index (Phi) is 4.80. The molecule has 0 amide bonds. The fourth-order valence-electron chi connectivity index (χ4n) is 2.94. The van der Waals surface area contributed by atoms with Crippen LogP contribution in [0.25, 0.3) is 0 Å². The highest BCUT2D eigenvalue weighted by molar-refractivity contribution is 6.46. The Morgan fingerprint density at radius 2 is 1.82 bits per heavy atom. The van der Waals surface area contributed by atoms with Crippen molar-refractivity contribution in [2.24, 2.45) is 23.6 Å². The molecule has 17 heavy (non-hydrogen) atoms. The molecule has 2 aliphatic carbocycles. The van der Waals surface area contributed by atoms with Gasteiger partial charge in [0.1, 0.15) is 0 Å². The van der Waals surface area contributed by atoms with Gasteiger partial charge in [-0.15, -0.1) is 0 Å². The largest absolute Gasteiger partial charge is 0.494 e. The topological polar surface area (TPSA) is 70.5 Å². The monoisotopic (exact) mass is 236 g/mol. The van der Waals surface area contributed by atoms with Gasteiger partial charge in [-0.05, 0) is 43.9 Å². The standard InChI is InChI=1S/C12H21BN2O2/c14-16-13(17-15)12-8-4-7-11(9-12)10-5-2-1-3-6-10/h2,4-5,7,10-12H,1,3,6,8-9,14-15H2. The number of hydrogen-bond donors (Lipinski definition) is 2. The van der Waals surface area contributed by atoms with Crippen LogP contribution in [-0.2, 0) is 9.51 Å². The van der Waals surface area contributed by atoms with Crippen LogP contribution in [0.4, 0.5) is 0 Å². The number of rotatable bonds is 4. The zero-order valence-corrected chi connectivity index (χ0v) is 10.1. The van der Waals surface area contributed by atoms with Gasteiger partial charge < -0.3 is 9.51 Å². The van der Waals surface area contributed by atoms with Crippen molar-refractivity contribution in [2.75, 3.05) is 0 Å². The maximum absolute atomic E-state index is 5.19. The van der Waals surface area contributed by atoms with Crippen LogP contribution in [0.3, 0.4) is 0 Å². The zero-order chi connectivity index (χ0) is 12.1. The quantitative estimate of drug-likeness (QED) is 0.444. The lowest BCUT2D eigenvalue weighted by Gasteiger charge is -2.31. The SMILES string of the molecule is NOB(ON)C1CC=CC(C2C=CCCC2)C1. The molecule has 0 heterocycles. The van der Waals surface area contributed by atoms with Gasteiger partial charge in [-0.1, -0.05) is 24.3 Å². The lowest BCUT2D eigenvalue weighted by Crippen LogP contribution is -2.36. The number of nitrogens with two attached hydrogens (primary N) is 2. The van der Waals surface area contributed by atoms with Crippen LogP contribution in [-0.4, -0.2) is 7.12 Å². The van der Waals surface area contributed by atoms with Gasteiger partial charge in [0, 0.05) is 5.82 Å². The first-order valence-corrected chi connectivity index (χ1v) is 6.39. The number of hydrogen-bond acceptors (Lipinski definition) is 4. The summed E-state index contributed by atoms with van der Waals surface area (Å²) in [5, 5.41) is 0. The van der Waals surface area contributed by atoms with Crippen molar-refractivity contribution in [3.05, 3.63) is 24.3 Å². The smallest absolute Gasteiger partial charge is 0.328 e. The molecule has 0 fully saturated rings. The van der Waals surface area contributed by atoms with Gasteiger partial charge in [0.15, 0.2) is 0 Å². The molecule has 4 nitrogen and oxygen atoms in total. The lowest BCUT2D eigenvalue weighted by atomic mass is 9.62. The summed E-state index contributed by atoms with van der Waals surface area (Å²) in [7, 11) is -0.491. The molecule has 94 valence electrons. The van der Waals surface area contributed by atoms with Crippen LogP contribution in [0.2, 0.25) is 5.82 Å². The molecule has 0 bridgehead atoms. The van der Waals surface area contributed by atoms with E-state index in [-0.39, 0.29) is 5.82 Å². The fourth-order valence-corrected chi connectivity index (χ4v) is 2.94. The van der Waals surface area contributed by atoms with E-state index in [1.54, 1.807) is 0 Å². The second kappa shape index (κ2) is 6.35. The molecule has 3 atom stereocenters. The third-order valence-corrected chi connectivity index (χ3v) is 3.89. The molecule has 4 N–H and O–H groups in total. The van der Waals surface area contributed by atoms with Crippen molar-refractivity contribution in [2.45, 2.75) is 37.9 Å². The minimum Gasteiger partial charge on any atom is -0.328 e. The Hall–Kier alpha value is -0.615. The van der Waals surface area contributed by atoms with Crippen molar-refractivity contribution >= 4 is 7.12 Å². The van der Waals surface area contributed by atoms with Crippen LogP contribution in [0.1, 0.15) is 32.1 Å². The van der Waals surface area contributed by atoms with Crippen LogP contribution in [0.15, 0.2) is 24.3 Å². The third-order valence-electron chi connectivity index (χ3n) is 3.89. The van der Waals surface area contributed by atoms with Gasteiger partial charge in [-0.25, -0.2) is 11.8 Å². The summed E-state index contributed by atoms with van der Waals surface area (Å²) in [6.07, 6.45) is 14.9. The summed E-state index contributed by atoms with van der Waals surface area (Å²) in [6.45, 7) is 0. The third kappa shape index (κ3) is 3.19. The maximum atomic E-state index is 5.19. The second-order valence-electron chi connectivity index (χ2n) is 4.99. The molecule has 5 heteroatoms. The molecule has 0 spiro atoms. The highest BCUT2D eigenvalue weighted by Crippen LogP contribution is 2.37. The summed E-state index contributed by atoms with van der Waals surface area (Å²) in [6, 6.07) is 0. The van der Waals surface area contributed by atoms with E-state index >= 15 is 0 Å². The normalized spacial score (nSPS) is 32.7. The average Bonchev–Trinajstić information content (AvgIpc) is 2.42. The molecular weight excluding hydrogens is 215 g/mol. The van der Waals surface area contributed by atoms with Crippen molar-refractivity contribution in [3.8, 4) is 0 Å². The molecule has 2 rings (SSSR count). The summed E-state index contributed by atoms with van der Waals surface area (Å²) < 4.78 is 9.55. The van der Waals surface area contributed by atoms with E-state index in [2.05, 4.69) is 24.3 Å². The van der Waals surface area contributed by atoms with Crippen molar-refractivity contribution in [3.63, 3.8) is 0 Å². The number of allylic oxidation sites excluding steroid dienone is 4. The van der Waals surface area contributed by atoms with Crippen molar-refractivity contribution in [1.29, 1.82) is 0 Å². The van der Waals surface area contributed by atoms with E-state index < -0.39 is 7.12 Å². The van der Waals surface area contributed by atoms with Crippen LogP contribution in [0.5, 0.6) is 0 Å². The minimum atomic E-state index is -0.491. The molecule has 0 aromatic heterocycles. The Labute approximate surface area is 103 Å². The zero-order valence-electron chi connectivity index (χ0n) is 10.1. The lowest BCUT2D eigenvalue weighted by molar-refractivity contribution is 0.187. The van der Waals surface area contributed by atoms with Gasteiger partial charge in [0.2, 0.25) is 0 Å². The van der Waals surface area contributed by atoms with Crippen molar-refractivity contribution < 1.29 is 9.51 Å². The maximum Gasteiger partial charge on any atom is 0.494 e. The van der Waals surface area contributed by atoms with Gasteiger partial charge in [0.05, 0.1) is 0 Å². The van der Waals surface area contributed by atoms with E-state index in [4.69, 9.17) is 21.3 Å². The van der Waals surface area contributed by atoms with E-state index in [0.717, 1.165) is 12.8 Å². The molecule has 3 unspecified atom stereocenters. The Morgan fingerprint density at radius 1 is 1.06 bits per heavy atom. The molecular formula is C12H21BN2O2. The van der Waals surface area contributed by atoms with Crippen LogP contribution >= 0.6 is 0 Å². The highest BCUT2D eigenvalue weighted by Gasteiger charge is 2.34. The summed E-state index contributed by atoms with van der Waals surface area (Å²) >= 11 is 0. The first-order chi connectivity index (χ1) is 8.35. The Balaban J connectivity index is 1.96. The average molecular weight is 236 g/mol. The predicted octanol–water partition coefficient (Wildman–Crippen LogP) is 1.95. The van der Waals surface area contributed by atoms with Gasteiger partial charge in [-0.3, -0.25) is 0 Å². The van der Waals surface area contributed by atoms with E-state index in [0.29, 0.717) is 11.8 Å². The first-order valence-electron chi connectivity index (χ1n) is 6.39. The van der Waals surface area contributed by atoms with E-state index in [1.807, 2.05) is 0 Å². The van der Waals surface area contributed by atoms with Crippen LogP contribution in [0, 0.1) is 11.8 Å². The Bertz CT molecular complexity index is 292. The Morgan fingerprint density at radius 3 is 2.47 bits per heavy atom. The highest BCUT2D eigenvalue weighted by atomic mass is 16.7. The van der Waals surface area contributed by atoms with Crippen molar-refractivity contribution in [1.82, 2.24) is 0 Å². The minimum absolute atomic E-state index is 0.260. The van der Waals surface area contributed by atoms with E-state index in [9.17, 15) is 0 Å². The second-order valence-corrected chi connectivity index (χ2v) is 4.99. The molecule has 0 aromatic carbocycles. The molecule has 0 aliphatic heterocycles. The molecule has 2 aliphatic rings. The summed E-state index contributed by atoms with van der Waals surface area (Å²) in [5.74, 6) is 11.9. The molecule has 0 saturated heterocycles. The summed E-state index contributed by atoms with van der Waals surface area (Å²) in [4.78, 5) is 0. The van der Waals surface area contributed by atoms with E-state index in [1.165, 1.54) is 19.3 Å². The van der Waals surface area contributed by atoms with Gasteiger partial charge >= 0.3 is 7.12 Å². The summed E-state index contributed by atoms with van der Waals surface area (Å²) in [5.41, 5.74) is 0. The molecule has 0 saturated carbocycles.